The predicted molar refractivity (Wildman–Crippen MR) is 115 cm³/mol. The summed E-state index contributed by atoms with van der Waals surface area (Å²) in [5, 5.41) is 31.1. The zero-order valence-electron chi connectivity index (χ0n) is 17.5. The summed E-state index contributed by atoms with van der Waals surface area (Å²) in [6.07, 6.45) is 7.19. The molecular weight excluding hydrogens is 551 g/mol. The molecule has 0 aromatic heterocycles. The van der Waals surface area contributed by atoms with Gasteiger partial charge >= 0.3 is 27.0 Å². The van der Waals surface area contributed by atoms with Gasteiger partial charge in [0.25, 0.3) is 0 Å². The van der Waals surface area contributed by atoms with Crippen LogP contribution in [-0.4, -0.2) is 21.3 Å². The maximum Gasteiger partial charge on any atom is 2.00 e. The Bertz CT molecular complexity index is 747. The Morgan fingerprint density at radius 3 is 2.38 bits per heavy atom. The van der Waals surface area contributed by atoms with Gasteiger partial charge in [-0.3, -0.25) is 0 Å². The zero-order chi connectivity index (χ0) is 19.4. The molecule has 1 aromatic carbocycles. The molecule has 0 spiro atoms. The van der Waals surface area contributed by atoms with Crippen LogP contribution in [0, 0.1) is 5.92 Å². The van der Waals surface area contributed by atoms with Gasteiger partial charge in [0.2, 0.25) is 0 Å². The number of rotatable bonds is 7. The summed E-state index contributed by atoms with van der Waals surface area (Å²) in [5.41, 5.74) is 2.88. The van der Waals surface area contributed by atoms with E-state index in [0.717, 1.165) is 37.7 Å². The van der Waals surface area contributed by atoms with Gasteiger partial charge in [-0.25, -0.2) is 4.79 Å². The van der Waals surface area contributed by atoms with Gasteiger partial charge in [-0.05, 0) is 57.1 Å². The third-order valence-electron chi connectivity index (χ3n) is 5.38. The van der Waals surface area contributed by atoms with Crippen molar-refractivity contribution in [3.8, 4) is 11.5 Å². The van der Waals surface area contributed by atoms with Crippen molar-refractivity contribution in [1.82, 2.24) is 0 Å². The molecular formula is C22H34N2O4Pt. The molecule has 0 fully saturated rings. The average Bonchev–Trinajstić information content (AvgIpc) is 2.54. The number of carboxylic acid groups (broad SMARTS) is 1. The Morgan fingerprint density at radius 2 is 1.86 bits per heavy atom. The van der Waals surface area contributed by atoms with Gasteiger partial charge in [0, 0.05) is 11.5 Å². The fourth-order valence-electron chi connectivity index (χ4n) is 3.96. The molecule has 6 nitrogen and oxygen atoms in total. The maximum atomic E-state index is 11.8. The van der Waals surface area contributed by atoms with Crippen molar-refractivity contribution >= 4 is 5.97 Å². The number of nitrogens with two attached hydrogens (primary N) is 2. The molecule has 1 aliphatic rings. The standard InChI is InChI=1S/C22H30O4.2H2N.Pt/c1-5-6-7-8-15-12-18(23)20(21(24)19(15)22(25)26)17-11-14(4)9-10-16(17)13(2)3;;;/h11-12,16-17,23-24H,2,5-10H2,1,3-4H3,(H,25,26);2*1H2;/q;2*-1;+2/t16-,17+;;;/m1.../s1. The predicted octanol–water partition coefficient (Wildman–Crippen LogP) is 6.98. The molecule has 0 saturated heterocycles. The number of phenolic OH excluding ortho intramolecular Hbond substituents is 1. The van der Waals surface area contributed by atoms with Crippen molar-refractivity contribution < 1.29 is 41.2 Å². The van der Waals surface area contributed by atoms with Crippen molar-refractivity contribution in [2.45, 2.75) is 65.2 Å². The van der Waals surface area contributed by atoms with Gasteiger partial charge in [0.05, 0.1) is 0 Å². The Balaban J connectivity index is 0. The molecule has 1 aliphatic carbocycles. The third-order valence-corrected chi connectivity index (χ3v) is 5.38. The van der Waals surface area contributed by atoms with Crippen LogP contribution in [-0.2, 0) is 27.5 Å². The average molecular weight is 586 g/mol. The first-order valence-corrected chi connectivity index (χ1v) is 9.41. The fraction of sp³-hybridized carbons (Fsp3) is 0.500. The molecule has 7 N–H and O–H groups in total. The minimum atomic E-state index is -1.15. The van der Waals surface area contributed by atoms with Gasteiger partial charge in [-0.1, -0.05) is 43.6 Å². The molecule has 0 amide bonds. The zero-order valence-corrected chi connectivity index (χ0v) is 19.8. The Kier molecular flexibility index (Phi) is 13.1. The van der Waals surface area contributed by atoms with Crippen LogP contribution in [0.15, 0.2) is 29.9 Å². The number of aromatic carboxylic acids is 1. The van der Waals surface area contributed by atoms with Crippen LogP contribution in [0.4, 0.5) is 0 Å². The molecule has 0 heterocycles. The van der Waals surface area contributed by atoms with Gasteiger partial charge in [0.1, 0.15) is 17.1 Å². The van der Waals surface area contributed by atoms with Gasteiger partial charge in [0.15, 0.2) is 0 Å². The number of unbranched alkanes of at least 4 members (excludes halogenated alkanes) is 2. The maximum absolute atomic E-state index is 11.8. The topological polar surface area (TPSA) is 145 Å². The van der Waals surface area contributed by atoms with E-state index in [9.17, 15) is 20.1 Å². The summed E-state index contributed by atoms with van der Waals surface area (Å²) in [6, 6.07) is 1.53. The van der Waals surface area contributed by atoms with Crippen LogP contribution in [0.25, 0.3) is 12.3 Å². The number of aryl methyl sites for hydroxylation is 1. The number of allylic oxidation sites excluding steroid dienone is 3. The van der Waals surface area contributed by atoms with Crippen molar-refractivity contribution in [3.05, 3.63) is 58.9 Å². The van der Waals surface area contributed by atoms with E-state index in [1.165, 1.54) is 11.6 Å². The minimum absolute atomic E-state index is 0. The van der Waals surface area contributed by atoms with Crippen LogP contribution in [0.3, 0.4) is 0 Å². The molecule has 2 rings (SSSR count). The van der Waals surface area contributed by atoms with E-state index in [2.05, 4.69) is 13.5 Å². The first-order chi connectivity index (χ1) is 12.3. The SMILES string of the molecule is C=C(C)[C@H]1CCC(C)=C[C@@H]1c1c(O)cc(CCCCC)c(C(=O)O)c1O.[NH2-].[NH2-].[Pt+2]. The number of hydrogen-bond acceptors (Lipinski definition) is 3. The van der Waals surface area contributed by atoms with E-state index >= 15 is 0 Å². The van der Waals surface area contributed by atoms with Crippen molar-refractivity contribution in [3.63, 3.8) is 0 Å². The number of carbonyl (C=O) groups is 1. The summed E-state index contributed by atoms with van der Waals surface area (Å²) < 4.78 is 0. The molecule has 7 heteroatoms. The first-order valence-electron chi connectivity index (χ1n) is 9.41. The molecule has 166 valence electrons. The number of phenols is 2. The normalized spacial score (nSPS) is 17.8. The van der Waals surface area contributed by atoms with E-state index < -0.39 is 5.97 Å². The van der Waals surface area contributed by atoms with E-state index in [1.807, 2.05) is 19.9 Å². The van der Waals surface area contributed by atoms with Gasteiger partial charge in [-0.2, -0.15) is 0 Å². The number of hydrogen-bond donors (Lipinski definition) is 3. The second kappa shape index (κ2) is 12.8. The molecule has 0 aliphatic heterocycles. The smallest absolute Gasteiger partial charge is 0.693 e. The Hall–Kier alpha value is -1.62. The summed E-state index contributed by atoms with van der Waals surface area (Å²) in [5.74, 6) is -1.67. The molecule has 29 heavy (non-hydrogen) atoms. The molecule has 0 radical (unpaired) electrons. The summed E-state index contributed by atoms with van der Waals surface area (Å²) in [4.78, 5) is 11.8. The quantitative estimate of drug-likeness (QED) is 0.234. The summed E-state index contributed by atoms with van der Waals surface area (Å²) in [7, 11) is 0. The van der Waals surface area contributed by atoms with Crippen molar-refractivity contribution in [2.75, 3.05) is 0 Å². The summed E-state index contributed by atoms with van der Waals surface area (Å²) in [6.45, 7) is 10.1. The summed E-state index contributed by atoms with van der Waals surface area (Å²) >= 11 is 0. The van der Waals surface area contributed by atoms with E-state index in [-0.39, 0.29) is 62.3 Å². The molecule has 0 unspecified atom stereocenters. The van der Waals surface area contributed by atoms with Gasteiger partial charge in [-0.15, -0.1) is 0 Å². The number of carboxylic acids is 1. The van der Waals surface area contributed by atoms with E-state index in [0.29, 0.717) is 17.5 Å². The largest absolute Gasteiger partial charge is 2.00 e. The number of aromatic hydroxyl groups is 2. The monoisotopic (exact) mass is 585 g/mol. The minimum Gasteiger partial charge on any atom is -0.693 e. The Labute approximate surface area is 188 Å². The first kappa shape index (κ1) is 29.6. The van der Waals surface area contributed by atoms with E-state index in [1.54, 1.807) is 0 Å². The van der Waals surface area contributed by atoms with Gasteiger partial charge < -0.3 is 27.6 Å². The molecule has 2 atom stereocenters. The van der Waals surface area contributed by atoms with Crippen molar-refractivity contribution in [1.29, 1.82) is 0 Å². The Morgan fingerprint density at radius 1 is 1.24 bits per heavy atom. The van der Waals surface area contributed by atoms with Crippen LogP contribution in [0.2, 0.25) is 0 Å². The third kappa shape index (κ3) is 6.70. The van der Waals surface area contributed by atoms with Crippen LogP contribution < -0.4 is 0 Å². The second-order valence-electron chi connectivity index (χ2n) is 7.48. The fourth-order valence-corrected chi connectivity index (χ4v) is 3.96. The molecule has 1 aromatic rings. The van der Waals surface area contributed by atoms with Crippen LogP contribution in [0.1, 0.15) is 80.3 Å². The van der Waals surface area contributed by atoms with Crippen molar-refractivity contribution in [2.24, 2.45) is 5.92 Å². The number of benzene rings is 1. The van der Waals surface area contributed by atoms with Crippen LogP contribution >= 0.6 is 0 Å². The molecule has 0 saturated carbocycles. The van der Waals surface area contributed by atoms with Crippen LogP contribution in [0.5, 0.6) is 11.5 Å². The molecule has 0 bridgehead atoms. The van der Waals surface area contributed by atoms with E-state index in [4.69, 9.17) is 0 Å². The second-order valence-corrected chi connectivity index (χ2v) is 7.48.